The predicted octanol–water partition coefficient (Wildman–Crippen LogP) is 4.06. The molecule has 1 aromatic heterocycles. The largest absolute Gasteiger partial charge is 0.338 e. The van der Waals surface area contributed by atoms with Crippen LogP contribution in [0.25, 0.3) is 0 Å². The second kappa shape index (κ2) is 8.49. The van der Waals surface area contributed by atoms with Gasteiger partial charge in [-0.15, -0.1) is 0 Å². The highest BCUT2D eigenvalue weighted by Gasteiger charge is 2.25. The van der Waals surface area contributed by atoms with Gasteiger partial charge in [0.05, 0.1) is 11.9 Å². The molecule has 1 N–H and O–H groups in total. The number of piperidine rings is 1. The number of carbonyl (C=O) groups is 2. The van der Waals surface area contributed by atoms with E-state index < -0.39 is 11.7 Å². The monoisotopic (exact) mass is 406 g/mol. The van der Waals surface area contributed by atoms with Crippen molar-refractivity contribution in [1.29, 1.82) is 0 Å². The maximum absolute atomic E-state index is 13.9. The van der Waals surface area contributed by atoms with Gasteiger partial charge in [0.25, 0.3) is 11.8 Å². The fraction of sp³-hybridized carbons (Fsp3) is 0.261. The van der Waals surface area contributed by atoms with E-state index in [1.165, 1.54) is 18.2 Å². The zero-order chi connectivity index (χ0) is 21.1. The zero-order valence-corrected chi connectivity index (χ0v) is 16.7. The standard InChI is InChI=1S/C23H23FN4O2/c1-16-6-7-17(14-21(16)26-22(29)19-4-2-3-5-20(19)24)23(30)27-11-8-18(9-12-27)28-13-10-25-15-28/h2-7,10,13-15,18H,8-9,11-12H2,1H3,(H,26,29). The smallest absolute Gasteiger partial charge is 0.258 e. The van der Waals surface area contributed by atoms with Crippen LogP contribution in [0.1, 0.15) is 45.2 Å². The molecule has 0 aliphatic carbocycles. The van der Waals surface area contributed by atoms with Crippen molar-refractivity contribution in [3.8, 4) is 0 Å². The van der Waals surface area contributed by atoms with E-state index in [0.29, 0.717) is 30.4 Å². The quantitative estimate of drug-likeness (QED) is 0.711. The number of rotatable bonds is 4. The van der Waals surface area contributed by atoms with Gasteiger partial charge in [0.1, 0.15) is 5.82 Å². The lowest BCUT2D eigenvalue weighted by molar-refractivity contribution is 0.0694. The highest BCUT2D eigenvalue weighted by Crippen LogP contribution is 2.25. The lowest BCUT2D eigenvalue weighted by Gasteiger charge is -2.32. The number of hydrogen-bond donors (Lipinski definition) is 1. The van der Waals surface area contributed by atoms with Crippen molar-refractivity contribution in [3.63, 3.8) is 0 Å². The number of nitrogens with one attached hydrogen (secondary N) is 1. The third-order valence-electron chi connectivity index (χ3n) is 5.55. The molecule has 30 heavy (non-hydrogen) atoms. The van der Waals surface area contributed by atoms with Crippen LogP contribution in [-0.2, 0) is 0 Å². The number of benzene rings is 2. The summed E-state index contributed by atoms with van der Waals surface area (Å²) >= 11 is 0. The van der Waals surface area contributed by atoms with Gasteiger partial charge in [-0.2, -0.15) is 0 Å². The number of anilines is 1. The van der Waals surface area contributed by atoms with E-state index in [9.17, 15) is 14.0 Å². The minimum atomic E-state index is -0.583. The molecule has 0 atom stereocenters. The van der Waals surface area contributed by atoms with Crippen LogP contribution in [0.2, 0.25) is 0 Å². The number of halogens is 1. The Morgan fingerprint density at radius 1 is 1.13 bits per heavy atom. The summed E-state index contributed by atoms with van der Waals surface area (Å²) in [6.45, 7) is 3.15. The van der Waals surface area contributed by atoms with Gasteiger partial charge in [0, 0.05) is 42.8 Å². The molecule has 7 heteroatoms. The van der Waals surface area contributed by atoms with Gasteiger partial charge >= 0.3 is 0 Å². The SMILES string of the molecule is Cc1ccc(C(=O)N2CCC(n3ccnc3)CC2)cc1NC(=O)c1ccccc1F. The van der Waals surface area contributed by atoms with Crippen molar-refractivity contribution in [1.82, 2.24) is 14.5 Å². The van der Waals surface area contributed by atoms with Crippen LogP contribution in [-0.4, -0.2) is 39.4 Å². The van der Waals surface area contributed by atoms with E-state index in [2.05, 4.69) is 14.9 Å². The molecule has 3 aromatic rings. The third-order valence-corrected chi connectivity index (χ3v) is 5.55. The van der Waals surface area contributed by atoms with Crippen molar-refractivity contribution >= 4 is 17.5 Å². The van der Waals surface area contributed by atoms with Crippen molar-refractivity contribution in [3.05, 3.63) is 83.7 Å². The average Bonchev–Trinajstić information content (AvgIpc) is 3.30. The molecule has 4 rings (SSSR count). The Kier molecular flexibility index (Phi) is 5.61. The van der Waals surface area contributed by atoms with E-state index in [1.54, 1.807) is 30.5 Å². The molecule has 154 valence electrons. The van der Waals surface area contributed by atoms with Gasteiger partial charge in [-0.05, 0) is 49.6 Å². The second-order valence-electron chi connectivity index (χ2n) is 7.50. The molecule has 0 unspecified atom stereocenters. The molecule has 2 amide bonds. The number of amides is 2. The molecule has 0 saturated carbocycles. The van der Waals surface area contributed by atoms with Crippen LogP contribution in [0.5, 0.6) is 0 Å². The highest BCUT2D eigenvalue weighted by atomic mass is 19.1. The van der Waals surface area contributed by atoms with Crippen LogP contribution in [0.4, 0.5) is 10.1 Å². The topological polar surface area (TPSA) is 67.2 Å². The highest BCUT2D eigenvalue weighted by molar-refractivity contribution is 6.05. The molecule has 1 aliphatic rings. The van der Waals surface area contributed by atoms with Crippen molar-refractivity contribution < 1.29 is 14.0 Å². The molecule has 0 radical (unpaired) electrons. The average molecular weight is 406 g/mol. The summed E-state index contributed by atoms with van der Waals surface area (Å²) in [6.07, 6.45) is 7.26. The molecule has 2 aromatic carbocycles. The van der Waals surface area contributed by atoms with E-state index >= 15 is 0 Å². The van der Waals surface area contributed by atoms with Crippen molar-refractivity contribution in [2.24, 2.45) is 0 Å². The second-order valence-corrected chi connectivity index (χ2v) is 7.50. The Morgan fingerprint density at radius 3 is 2.60 bits per heavy atom. The lowest BCUT2D eigenvalue weighted by Crippen LogP contribution is -2.39. The molecule has 1 saturated heterocycles. The van der Waals surface area contributed by atoms with Crippen LogP contribution in [0, 0.1) is 12.7 Å². The summed E-state index contributed by atoms with van der Waals surface area (Å²) in [5.41, 5.74) is 1.78. The van der Waals surface area contributed by atoms with E-state index in [4.69, 9.17) is 0 Å². The van der Waals surface area contributed by atoms with E-state index in [-0.39, 0.29) is 11.5 Å². The third kappa shape index (κ3) is 4.10. The Morgan fingerprint density at radius 2 is 1.90 bits per heavy atom. The Balaban J connectivity index is 1.46. The first-order valence-corrected chi connectivity index (χ1v) is 9.96. The Labute approximate surface area is 174 Å². The minimum Gasteiger partial charge on any atom is -0.338 e. The maximum atomic E-state index is 13.9. The van der Waals surface area contributed by atoms with Gasteiger partial charge in [-0.1, -0.05) is 18.2 Å². The Hall–Kier alpha value is -3.48. The first kappa shape index (κ1) is 19.8. The van der Waals surface area contributed by atoms with Crippen LogP contribution in [0.15, 0.2) is 61.2 Å². The number of carbonyl (C=O) groups excluding carboxylic acids is 2. The molecular formula is C23H23FN4O2. The number of nitrogens with zero attached hydrogens (tertiary/aromatic N) is 3. The summed E-state index contributed by atoms with van der Waals surface area (Å²) < 4.78 is 16.0. The number of aryl methyl sites for hydroxylation is 1. The molecule has 0 bridgehead atoms. The number of likely N-dealkylation sites (tertiary alicyclic amines) is 1. The van der Waals surface area contributed by atoms with E-state index in [0.717, 1.165) is 18.4 Å². The number of hydrogen-bond acceptors (Lipinski definition) is 3. The van der Waals surface area contributed by atoms with Gasteiger partial charge in [0.15, 0.2) is 0 Å². The lowest BCUT2D eigenvalue weighted by atomic mass is 10.0. The van der Waals surface area contributed by atoms with Crippen molar-refractivity contribution in [2.45, 2.75) is 25.8 Å². The first-order valence-electron chi connectivity index (χ1n) is 9.96. The molecule has 0 spiro atoms. The summed E-state index contributed by atoms with van der Waals surface area (Å²) in [6, 6.07) is 11.4. The summed E-state index contributed by atoms with van der Waals surface area (Å²) in [5.74, 6) is -1.19. The van der Waals surface area contributed by atoms with Gasteiger partial charge in [0.2, 0.25) is 0 Å². The molecule has 2 heterocycles. The predicted molar refractivity (Wildman–Crippen MR) is 112 cm³/mol. The molecular weight excluding hydrogens is 383 g/mol. The zero-order valence-electron chi connectivity index (χ0n) is 16.7. The van der Waals surface area contributed by atoms with Crippen LogP contribution >= 0.6 is 0 Å². The normalized spacial score (nSPS) is 14.5. The maximum Gasteiger partial charge on any atom is 0.258 e. The molecule has 1 fully saturated rings. The minimum absolute atomic E-state index is 0.0322. The van der Waals surface area contributed by atoms with Gasteiger partial charge in [-0.3, -0.25) is 9.59 Å². The van der Waals surface area contributed by atoms with Crippen LogP contribution < -0.4 is 5.32 Å². The van der Waals surface area contributed by atoms with Gasteiger partial charge < -0.3 is 14.8 Å². The fourth-order valence-electron chi connectivity index (χ4n) is 3.76. The fourth-order valence-corrected chi connectivity index (χ4v) is 3.76. The number of aromatic nitrogens is 2. The van der Waals surface area contributed by atoms with Gasteiger partial charge in [-0.25, -0.2) is 9.37 Å². The molecule has 1 aliphatic heterocycles. The Bertz CT molecular complexity index is 1060. The summed E-state index contributed by atoms with van der Waals surface area (Å²) in [5, 5.41) is 2.73. The first-order chi connectivity index (χ1) is 14.5. The van der Waals surface area contributed by atoms with Crippen molar-refractivity contribution in [2.75, 3.05) is 18.4 Å². The van der Waals surface area contributed by atoms with Crippen LogP contribution in [0.3, 0.4) is 0 Å². The van der Waals surface area contributed by atoms with E-state index in [1.807, 2.05) is 24.3 Å². The molecule has 6 nitrogen and oxygen atoms in total. The number of imidazole rings is 1. The summed E-state index contributed by atoms with van der Waals surface area (Å²) in [7, 11) is 0. The summed E-state index contributed by atoms with van der Waals surface area (Å²) in [4.78, 5) is 31.4.